The van der Waals surface area contributed by atoms with Crippen molar-refractivity contribution >= 4 is 27.3 Å². The van der Waals surface area contributed by atoms with E-state index in [1.165, 1.54) is 59.5 Å². The van der Waals surface area contributed by atoms with E-state index in [-0.39, 0.29) is 39.1 Å². The van der Waals surface area contributed by atoms with Gasteiger partial charge in [0, 0.05) is 18.7 Å². The Labute approximate surface area is 197 Å². The van der Waals surface area contributed by atoms with E-state index in [0.717, 1.165) is 0 Å². The van der Waals surface area contributed by atoms with Crippen LogP contribution >= 0.6 is 0 Å². The molecule has 1 aliphatic rings. The molecule has 176 valence electrons. The Morgan fingerprint density at radius 3 is 2.41 bits per heavy atom. The number of carbonyl (C=O) groups is 2. The molecule has 0 fully saturated rings. The zero-order chi connectivity index (χ0) is 24.5. The number of benzene rings is 3. The van der Waals surface area contributed by atoms with Gasteiger partial charge in [0.1, 0.15) is 5.82 Å². The molecule has 0 aromatic heterocycles. The van der Waals surface area contributed by atoms with E-state index in [4.69, 9.17) is 0 Å². The molecule has 9 heteroatoms. The molecule has 1 aliphatic heterocycles. The van der Waals surface area contributed by atoms with Gasteiger partial charge in [0.2, 0.25) is 9.84 Å². The van der Waals surface area contributed by atoms with Gasteiger partial charge in [-0.15, -0.1) is 0 Å². The Bertz CT molecular complexity index is 1350. The van der Waals surface area contributed by atoms with Gasteiger partial charge in [0.15, 0.2) is 0 Å². The van der Waals surface area contributed by atoms with Crippen molar-refractivity contribution in [1.29, 1.82) is 0 Å². The lowest BCUT2D eigenvalue weighted by atomic mass is 10.1. The fraction of sp³-hybridized carbons (Fsp3) is 0.200. The number of amides is 2. The second kappa shape index (κ2) is 9.36. The van der Waals surface area contributed by atoms with Crippen LogP contribution in [0.15, 0.2) is 76.5 Å². The lowest BCUT2D eigenvalue weighted by Crippen LogP contribution is -2.32. The molecule has 0 spiro atoms. The Morgan fingerprint density at radius 2 is 1.71 bits per heavy atom. The van der Waals surface area contributed by atoms with Gasteiger partial charge in [-0.25, -0.2) is 12.8 Å². The fourth-order valence-electron chi connectivity index (χ4n) is 3.77. The number of anilines is 1. The highest BCUT2D eigenvalue weighted by Gasteiger charge is 2.36. The molecule has 34 heavy (non-hydrogen) atoms. The number of halogens is 1. The van der Waals surface area contributed by atoms with E-state index in [0.29, 0.717) is 18.7 Å². The average Bonchev–Trinajstić information content (AvgIpc) is 2.88. The van der Waals surface area contributed by atoms with Gasteiger partial charge in [-0.05, 0) is 62.1 Å². The lowest BCUT2D eigenvalue weighted by Gasteiger charge is -2.23. The number of nitrogens with zero attached hydrogens (tertiary/aromatic N) is 2. The average molecular weight is 482 g/mol. The minimum atomic E-state index is -4.03. The molecule has 1 N–H and O–H groups in total. The molecule has 7 nitrogen and oxygen atoms in total. The summed E-state index contributed by atoms with van der Waals surface area (Å²) in [6.07, 6.45) is 0. The van der Waals surface area contributed by atoms with E-state index in [9.17, 15) is 22.4 Å². The second-order valence-electron chi connectivity index (χ2n) is 8.26. The highest BCUT2D eigenvalue weighted by Crippen LogP contribution is 2.38. The Morgan fingerprint density at radius 1 is 1.00 bits per heavy atom. The predicted molar refractivity (Wildman–Crippen MR) is 126 cm³/mol. The summed E-state index contributed by atoms with van der Waals surface area (Å²) in [5.41, 5.74) is 0.984. The molecule has 0 saturated heterocycles. The van der Waals surface area contributed by atoms with Crippen LogP contribution in [-0.2, 0) is 16.4 Å². The Kier molecular flexibility index (Phi) is 6.49. The normalized spacial score (nSPS) is 14.4. The minimum Gasteiger partial charge on any atom is -0.351 e. The zero-order valence-electron chi connectivity index (χ0n) is 18.8. The van der Waals surface area contributed by atoms with Gasteiger partial charge in [-0.2, -0.15) is 0 Å². The van der Waals surface area contributed by atoms with Crippen molar-refractivity contribution in [3.8, 4) is 0 Å². The minimum absolute atomic E-state index is 0.00166. The van der Waals surface area contributed by atoms with E-state index in [1.807, 2.05) is 19.0 Å². The summed E-state index contributed by atoms with van der Waals surface area (Å²) in [5, 5.41) is 2.80. The van der Waals surface area contributed by atoms with Crippen LogP contribution in [-0.4, -0.2) is 52.3 Å². The maximum atomic E-state index is 13.6. The van der Waals surface area contributed by atoms with Crippen molar-refractivity contribution in [2.45, 2.75) is 16.3 Å². The Hall–Kier alpha value is -3.56. The molecule has 0 radical (unpaired) electrons. The number of carbonyl (C=O) groups excluding carboxylic acids is 2. The molecule has 2 amide bonds. The third kappa shape index (κ3) is 4.57. The molecule has 0 saturated carbocycles. The lowest BCUT2D eigenvalue weighted by molar-refractivity contribution is 0.0947. The first kappa shape index (κ1) is 23.6. The van der Waals surface area contributed by atoms with Crippen LogP contribution in [0.25, 0.3) is 0 Å². The zero-order valence-corrected chi connectivity index (χ0v) is 19.6. The predicted octanol–water partition coefficient (Wildman–Crippen LogP) is 3.11. The first-order valence-corrected chi connectivity index (χ1v) is 12.1. The summed E-state index contributed by atoms with van der Waals surface area (Å²) in [7, 11) is -0.264. The first-order valence-electron chi connectivity index (χ1n) is 10.7. The SMILES string of the molecule is CN(C)CCNC(=O)c1ccc2c(c1)N(Cc1ccc(F)cc1)C(=O)c1ccccc1S2(=O)=O. The van der Waals surface area contributed by atoms with Gasteiger partial charge in [0.05, 0.1) is 27.6 Å². The number of sulfone groups is 1. The number of hydrogen-bond donors (Lipinski definition) is 1. The molecule has 1 heterocycles. The highest BCUT2D eigenvalue weighted by molar-refractivity contribution is 7.91. The maximum absolute atomic E-state index is 13.6. The van der Waals surface area contributed by atoms with E-state index in [2.05, 4.69) is 5.32 Å². The fourth-order valence-corrected chi connectivity index (χ4v) is 5.40. The van der Waals surface area contributed by atoms with Gasteiger partial charge < -0.3 is 15.1 Å². The summed E-state index contributed by atoms with van der Waals surface area (Å²) >= 11 is 0. The third-order valence-electron chi connectivity index (χ3n) is 5.55. The summed E-state index contributed by atoms with van der Waals surface area (Å²) in [6.45, 7) is 1.04. The van der Waals surface area contributed by atoms with Crippen molar-refractivity contribution in [2.24, 2.45) is 0 Å². The van der Waals surface area contributed by atoms with Crippen LogP contribution in [0.5, 0.6) is 0 Å². The van der Waals surface area contributed by atoms with Crippen LogP contribution in [0.1, 0.15) is 26.3 Å². The van der Waals surface area contributed by atoms with E-state index in [1.54, 1.807) is 12.1 Å². The second-order valence-corrected chi connectivity index (χ2v) is 10.1. The number of rotatable bonds is 6. The van der Waals surface area contributed by atoms with Crippen LogP contribution in [0, 0.1) is 5.82 Å². The molecule has 3 aromatic carbocycles. The van der Waals surface area contributed by atoms with Crippen LogP contribution in [0.3, 0.4) is 0 Å². The Balaban J connectivity index is 1.83. The number of likely N-dealkylation sites (N-methyl/N-ethyl adjacent to an activating group) is 1. The van der Waals surface area contributed by atoms with Gasteiger partial charge in [-0.3, -0.25) is 9.59 Å². The van der Waals surface area contributed by atoms with E-state index < -0.39 is 21.6 Å². The quantitative estimate of drug-likeness (QED) is 0.585. The molecule has 3 aromatic rings. The standard InChI is InChI=1S/C25H24FN3O4S/c1-28(2)14-13-27-24(30)18-9-12-23-21(15-18)29(16-17-7-10-19(26)11-8-17)25(31)20-5-3-4-6-22(20)34(23,32)33/h3-12,15H,13-14,16H2,1-2H3,(H,27,30). The van der Waals surface area contributed by atoms with E-state index >= 15 is 0 Å². The van der Waals surface area contributed by atoms with Crippen molar-refractivity contribution in [3.05, 3.63) is 89.2 Å². The molecular formula is C25H24FN3O4S. The van der Waals surface area contributed by atoms with Crippen LogP contribution < -0.4 is 10.2 Å². The summed E-state index contributed by atoms with van der Waals surface area (Å²) in [5.74, 6) is -1.32. The van der Waals surface area contributed by atoms with Gasteiger partial charge in [-0.1, -0.05) is 24.3 Å². The number of hydrogen-bond acceptors (Lipinski definition) is 5. The molecule has 0 unspecified atom stereocenters. The molecule has 0 aliphatic carbocycles. The smallest absolute Gasteiger partial charge is 0.259 e. The van der Waals surface area contributed by atoms with Gasteiger partial charge >= 0.3 is 0 Å². The third-order valence-corrected chi connectivity index (χ3v) is 7.41. The monoisotopic (exact) mass is 481 g/mol. The summed E-state index contributed by atoms with van der Waals surface area (Å²) < 4.78 is 40.4. The van der Waals surface area contributed by atoms with Crippen LogP contribution in [0.2, 0.25) is 0 Å². The molecule has 0 atom stereocenters. The van der Waals surface area contributed by atoms with Crippen molar-refractivity contribution in [1.82, 2.24) is 10.2 Å². The molecule has 0 bridgehead atoms. The number of fused-ring (bicyclic) bond motifs is 2. The molecular weight excluding hydrogens is 457 g/mol. The van der Waals surface area contributed by atoms with Crippen molar-refractivity contribution in [3.63, 3.8) is 0 Å². The topological polar surface area (TPSA) is 86.8 Å². The largest absolute Gasteiger partial charge is 0.351 e. The first-order chi connectivity index (χ1) is 16.2. The summed E-state index contributed by atoms with van der Waals surface area (Å²) in [6, 6.07) is 15.9. The van der Waals surface area contributed by atoms with Gasteiger partial charge in [0.25, 0.3) is 11.8 Å². The highest BCUT2D eigenvalue weighted by atomic mass is 32.2. The number of nitrogens with one attached hydrogen (secondary N) is 1. The van der Waals surface area contributed by atoms with Crippen molar-refractivity contribution in [2.75, 3.05) is 32.1 Å². The maximum Gasteiger partial charge on any atom is 0.259 e. The molecule has 4 rings (SSSR count). The summed E-state index contributed by atoms with van der Waals surface area (Å²) in [4.78, 5) is 29.4. The van der Waals surface area contributed by atoms with Crippen LogP contribution in [0.4, 0.5) is 10.1 Å². The van der Waals surface area contributed by atoms with Crippen molar-refractivity contribution < 1.29 is 22.4 Å².